The Hall–Kier alpha value is -2.92. The van der Waals surface area contributed by atoms with Gasteiger partial charge in [-0.05, 0) is 58.8 Å². The molecule has 2 amide bonds. The number of likely N-dealkylation sites (tertiary alicyclic amines) is 1. The normalized spacial score (nSPS) is 19.2. The highest BCUT2D eigenvalue weighted by Gasteiger charge is 2.46. The minimum absolute atomic E-state index is 0.0112. The summed E-state index contributed by atoms with van der Waals surface area (Å²) in [6, 6.07) is 20.4. The van der Waals surface area contributed by atoms with Gasteiger partial charge in [0.2, 0.25) is 11.8 Å². The molecule has 4 nitrogen and oxygen atoms in total. The molecule has 0 unspecified atom stereocenters. The molecule has 1 N–H and O–H groups in total. The van der Waals surface area contributed by atoms with E-state index in [1.807, 2.05) is 42.2 Å². The Morgan fingerprint density at radius 1 is 1.06 bits per heavy atom. The first-order valence-electron chi connectivity index (χ1n) is 10.7. The molecule has 0 bridgehead atoms. The second-order valence-electron chi connectivity index (χ2n) is 8.39. The molecule has 0 radical (unpaired) electrons. The van der Waals surface area contributed by atoms with Crippen LogP contribution in [0.4, 0.5) is 0 Å². The van der Waals surface area contributed by atoms with Crippen molar-refractivity contribution in [1.29, 1.82) is 0 Å². The first-order chi connectivity index (χ1) is 15.0. The lowest BCUT2D eigenvalue weighted by Gasteiger charge is -2.28. The summed E-state index contributed by atoms with van der Waals surface area (Å²) in [4.78, 5) is 28.0. The summed E-state index contributed by atoms with van der Waals surface area (Å²) in [6.45, 7) is 3.01. The number of hydrogen-bond acceptors (Lipinski definition) is 3. The second kappa shape index (κ2) is 9.06. The van der Waals surface area contributed by atoms with Crippen molar-refractivity contribution in [3.8, 4) is 11.1 Å². The van der Waals surface area contributed by atoms with Gasteiger partial charge in [-0.1, -0.05) is 54.6 Å². The first-order valence-corrected chi connectivity index (χ1v) is 11.6. The molecule has 1 fully saturated rings. The maximum Gasteiger partial charge on any atom is 0.229 e. The van der Waals surface area contributed by atoms with Crippen LogP contribution < -0.4 is 5.32 Å². The SMILES string of the molecule is CNC(=O)[C@]1(Cc2ccc(-c3ccsc3)cc2)CCN(C(=O)[C@H](C)c2ccccc2)C1. The second-order valence-corrected chi connectivity index (χ2v) is 9.17. The first kappa shape index (κ1) is 21.3. The molecule has 31 heavy (non-hydrogen) atoms. The number of hydrogen-bond donors (Lipinski definition) is 1. The van der Waals surface area contributed by atoms with Crippen LogP contribution in [0.25, 0.3) is 11.1 Å². The van der Waals surface area contributed by atoms with E-state index in [2.05, 4.69) is 46.4 Å². The van der Waals surface area contributed by atoms with E-state index in [0.29, 0.717) is 25.9 Å². The lowest BCUT2D eigenvalue weighted by Crippen LogP contribution is -2.44. The molecule has 4 rings (SSSR count). The van der Waals surface area contributed by atoms with E-state index in [1.54, 1.807) is 18.4 Å². The average molecular weight is 433 g/mol. The van der Waals surface area contributed by atoms with E-state index in [0.717, 1.165) is 11.1 Å². The monoisotopic (exact) mass is 432 g/mol. The number of carbonyl (C=O) groups is 2. The van der Waals surface area contributed by atoms with Crippen molar-refractivity contribution >= 4 is 23.2 Å². The molecule has 1 aliphatic rings. The largest absolute Gasteiger partial charge is 0.359 e. The van der Waals surface area contributed by atoms with Gasteiger partial charge in [-0.2, -0.15) is 11.3 Å². The lowest BCUT2D eigenvalue weighted by atomic mass is 9.79. The smallest absolute Gasteiger partial charge is 0.229 e. The lowest BCUT2D eigenvalue weighted by molar-refractivity contribution is -0.133. The highest BCUT2D eigenvalue weighted by molar-refractivity contribution is 7.08. The Balaban J connectivity index is 1.51. The van der Waals surface area contributed by atoms with Crippen LogP contribution in [0.1, 0.15) is 30.4 Å². The molecule has 1 aliphatic heterocycles. The number of carbonyl (C=O) groups excluding carboxylic acids is 2. The standard InChI is InChI=1S/C26H28N2O2S/c1-19(21-6-4-3-5-7-21)24(29)28-14-13-26(18-28,25(30)27-2)16-20-8-10-22(11-9-20)23-12-15-31-17-23/h3-12,15,17,19H,13-14,16,18H2,1-2H3,(H,27,30)/t19-,26+/m1/s1. The van der Waals surface area contributed by atoms with Crippen LogP contribution in [-0.4, -0.2) is 36.9 Å². The summed E-state index contributed by atoms with van der Waals surface area (Å²) in [5.74, 6) is -0.117. The van der Waals surface area contributed by atoms with Crippen LogP contribution in [0, 0.1) is 5.41 Å². The highest BCUT2D eigenvalue weighted by atomic mass is 32.1. The number of amides is 2. The van der Waals surface area contributed by atoms with Crippen molar-refractivity contribution < 1.29 is 9.59 Å². The van der Waals surface area contributed by atoms with Crippen LogP contribution >= 0.6 is 11.3 Å². The molecular formula is C26H28N2O2S. The molecule has 2 heterocycles. The summed E-state index contributed by atoms with van der Waals surface area (Å²) in [6.07, 6.45) is 1.30. The minimum Gasteiger partial charge on any atom is -0.359 e. The zero-order valence-electron chi connectivity index (χ0n) is 18.0. The molecule has 160 valence electrons. The minimum atomic E-state index is -0.593. The van der Waals surface area contributed by atoms with Crippen molar-refractivity contribution in [3.05, 3.63) is 82.6 Å². The maximum absolute atomic E-state index is 13.2. The van der Waals surface area contributed by atoms with E-state index in [9.17, 15) is 9.59 Å². The van der Waals surface area contributed by atoms with Crippen molar-refractivity contribution in [2.75, 3.05) is 20.1 Å². The van der Waals surface area contributed by atoms with Crippen LogP contribution in [0.3, 0.4) is 0 Å². The Bertz CT molecular complexity index is 1030. The summed E-state index contributed by atoms with van der Waals surface area (Å²) in [5, 5.41) is 7.05. The van der Waals surface area contributed by atoms with Crippen LogP contribution in [0.15, 0.2) is 71.4 Å². The van der Waals surface area contributed by atoms with Gasteiger partial charge in [0.05, 0.1) is 11.3 Å². The number of benzene rings is 2. The van der Waals surface area contributed by atoms with E-state index >= 15 is 0 Å². The van der Waals surface area contributed by atoms with Gasteiger partial charge < -0.3 is 10.2 Å². The Kier molecular flexibility index (Phi) is 6.23. The van der Waals surface area contributed by atoms with Gasteiger partial charge in [0.1, 0.15) is 0 Å². The fraction of sp³-hybridized carbons (Fsp3) is 0.308. The number of rotatable bonds is 6. The molecular weight excluding hydrogens is 404 g/mol. The predicted molar refractivity (Wildman–Crippen MR) is 126 cm³/mol. The van der Waals surface area contributed by atoms with E-state index in [1.165, 1.54) is 11.1 Å². The summed E-state index contributed by atoms with van der Waals surface area (Å²) >= 11 is 1.68. The Morgan fingerprint density at radius 3 is 2.45 bits per heavy atom. The Morgan fingerprint density at radius 2 is 1.81 bits per heavy atom. The maximum atomic E-state index is 13.2. The van der Waals surface area contributed by atoms with Crippen LogP contribution in [-0.2, 0) is 16.0 Å². The molecule has 0 aliphatic carbocycles. The van der Waals surface area contributed by atoms with Gasteiger partial charge in [-0.3, -0.25) is 9.59 Å². The molecule has 5 heteroatoms. The third-order valence-electron chi connectivity index (χ3n) is 6.40. The van der Waals surface area contributed by atoms with Crippen LogP contribution in [0.5, 0.6) is 0 Å². The van der Waals surface area contributed by atoms with Gasteiger partial charge in [0, 0.05) is 20.1 Å². The molecule has 2 aromatic carbocycles. The van der Waals surface area contributed by atoms with Gasteiger partial charge in [0.15, 0.2) is 0 Å². The third kappa shape index (κ3) is 4.42. The van der Waals surface area contributed by atoms with Gasteiger partial charge in [-0.25, -0.2) is 0 Å². The molecule has 0 spiro atoms. The number of thiophene rings is 1. The van der Waals surface area contributed by atoms with E-state index in [4.69, 9.17) is 0 Å². The predicted octanol–water partition coefficient (Wildman–Crippen LogP) is 4.73. The fourth-order valence-corrected chi connectivity index (χ4v) is 5.19. The highest BCUT2D eigenvalue weighted by Crippen LogP contribution is 2.36. The van der Waals surface area contributed by atoms with E-state index in [-0.39, 0.29) is 17.7 Å². The summed E-state index contributed by atoms with van der Waals surface area (Å²) in [5.41, 5.74) is 3.93. The third-order valence-corrected chi connectivity index (χ3v) is 7.08. The molecule has 1 aromatic heterocycles. The number of nitrogens with one attached hydrogen (secondary N) is 1. The zero-order valence-corrected chi connectivity index (χ0v) is 18.8. The van der Waals surface area contributed by atoms with Gasteiger partial charge in [0.25, 0.3) is 0 Å². The van der Waals surface area contributed by atoms with Crippen molar-refractivity contribution in [3.63, 3.8) is 0 Å². The van der Waals surface area contributed by atoms with E-state index < -0.39 is 5.41 Å². The molecule has 2 atom stereocenters. The van der Waals surface area contributed by atoms with Crippen molar-refractivity contribution in [2.45, 2.75) is 25.7 Å². The summed E-state index contributed by atoms with van der Waals surface area (Å²) in [7, 11) is 1.68. The quantitative estimate of drug-likeness (QED) is 0.612. The van der Waals surface area contributed by atoms with Gasteiger partial charge in [-0.15, -0.1) is 0 Å². The number of nitrogens with zero attached hydrogens (tertiary/aromatic N) is 1. The topological polar surface area (TPSA) is 49.4 Å². The van der Waals surface area contributed by atoms with Crippen molar-refractivity contribution in [1.82, 2.24) is 10.2 Å². The molecule has 0 saturated carbocycles. The van der Waals surface area contributed by atoms with Crippen molar-refractivity contribution in [2.24, 2.45) is 5.41 Å². The molecule has 1 saturated heterocycles. The fourth-order valence-electron chi connectivity index (χ4n) is 4.53. The average Bonchev–Trinajstić information content (AvgIpc) is 3.50. The Labute approximate surface area is 187 Å². The molecule has 3 aromatic rings. The summed E-state index contributed by atoms with van der Waals surface area (Å²) < 4.78 is 0. The zero-order chi connectivity index (χ0) is 21.8. The van der Waals surface area contributed by atoms with Gasteiger partial charge >= 0.3 is 0 Å². The van der Waals surface area contributed by atoms with Crippen LogP contribution in [0.2, 0.25) is 0 Å².